The van der Waals surface area contributed by atoms with Gasteiger partial charge in [0.2, 0.25) is 0 Å². The minimum absolute atomic E-state index is 0.865. The van der Waals surface area contributed by atoms with E-state index in [0.717, 1.165) is 68.4 Å². The van der Waals surface area contributed by atoms with Gasteiger partial charge in [0.1, 0.15) is 22.2 Å². The standard InChI is InChI=1S/C44H32N2O2/c1-23-5-11-29(12-6-23)45-39-31-15-9-25(3)17-27(31)19-35(39)43-41(45)33-21-38-34(22-37(33)47-43)42-44(48-38)36-20-28-18-26(4)10-16-32(28)40(36)46(42)30-13-7-24(2)8-14-30/h5-18,21-22H,19-20H2,1-4H3. The fourth-order valence-electron chi connectivity index (χ4n) is 8.60. The minimum Gasteiger partial charge on any atom is -0.454 e. The van der Waals surface area contributed by atoms with Crippen LogP contribution in [0, 0.1) is 27.7 Å². The van der Waals surface area contributed by atoms with Gasteiger partial charge < -0.3 is 18.0 Å². The fraction of sp³-hybridized carbons (Fsp3) is 0.136. The fourth-order valence-corrected chi connectivity index (χ4v) is 8.60. The molecule has 0 N–H and O–H groups in total. The van der Waals surface area contributed by atoms with Gasteiger partial charge in [-0.2, -0.15) is 0 Å². The predicted octanol–water partition coefficient (Wildman–Crippen LogP) is 11.4. The van der Waals surface area contributed by atoms with E-state index in [1.807, 2.05) is 0 Å². The summed E-state index contributed by atoms with van der Waals surface area (Å²) >= 11 is 0. The molecule has 0 saturated heterocycles. The van der Waals surface area contributed by atoms with E-state index in [-0.39, 0.29) is 0 Å². The van der Waals surface area contributed by atoms with Crippen LogP contribution in [0.15, 0.2) is 106 Å². The molecule has 4 heterocycles. The third-order valence-electron chi connectivity index (χ3n) is 10.8. The third-order valence-corrected chi connectivity index (χ3v) is 10.8. The number of aromatic nitrogens is 2. The van der Waals surface area contributed by atoms with Crippen LogP contribution in [0.4, 0.5) is 0 Å². The van der Waals surface area contributed by atoms with Crippen LogP contribution < -0.4 is 0 Å². The summed E-state index contributed by atoms with van der Waals surface area (Å²) in [6.45, 7) is 8.63. The molecule has 9 aromatic rings. The monoisotopic (exact) mass is 620 g/mol. The zero-order chi connectivity index (χ0) is 32.0. The molecule has 0 bridgehead atoms. The van der Waals surface area contributed by atoms with Crippen LogP contribution in [-0.4, -0.2) is 9.13 Å². The molecule has 5 aromatic carbocycles. The molecular formula is C44H32N2O2. The van der Waals surface area contributed by atoms with Gasteiger partial charge in [-0.15, -0.1) is 0 Å². The van der Waals surface area contributed by atoms with Crippen molar-refractivity contribution in [2.24, 2.45) is 0 Å². The van der Waals surface area contributed by atoms with Crippen molar-refractivity contribution in [3.63, 3.8) is 0 Å². The molecule has 0 unspecified atom stereocenters. The molecule has 11 rings (SSSR count). The van der Waals surface area contributed by atoms with Crippen LogP contribution in [0.1, 0.15) is 44.5 Å². The maximum atomic E-state index is 6.95. The summed E-state index contributed by atoms with van der Waals surface area (Å²) in [4.78, 5) is 0. The van der Waals surface area contributed by atoms with Crippen molar-refractivity contribution in [2.45, 2.75) is 40.5 Å². The van der Waals surface area contributed by atoms with Gasteiger partial charge in [-0.25, -0.2) is 0 Å². The Morgan fingerprint density at radius 2 is 0.854 bits per heavy atom. The number of rotatable bonds is 2. The van der Waals surface area contributed by atoms with E-state index in [9.17, 15) is 0 Å². The van der Waals surface area contributed by atoms with E-state index < -0.39 is 0 Å². The molecule has 4 aromatic heterocycles. The Morgan fingerprint density at radius 3 is 1.27 bits per heavy atom. The third kappa shape index (κ3) is 3.34. The van der Waals surface area contributed by atoms with Gasteiger partial charge in [-0.05, 0) is 75.2 Å². The highest BCUT2D eigenvalue weighted by molar-refractivity contribution is 6.17. The lowest BCUT2D eigenvalue weighted by atomic mass is 10.1. The summed E-state index contributed by atoms with van der Waals surface area (Å²) in [5.74, 6) is 0. The van der Waals surface area contributed by atoms with Gasteiger partial charge in [-0.1, -0.05) is 82.9 Å². The Bertz CT molecular complexity index is 2650. The van der Waals surface area contributed by atoms with Crippen molar-refractivity contribution < 1.29 is 8.83 Å². The van der Waals surface area contributed by atoms with Gasteiger partial charge in [0.25, 0.3) is 0 Å². The molecule has 4 heteroatoms. The first-order valence-corrected chi connectivity index (χ1v) is 16.8. The number of nitrogens with zero attached hydrogens (tertiary/aromatic N) is 2. The Balaban J connectivity index is 1.23. The lowest BCUT2D eigenvalue weighted by molar-refractivity contribution is 0.661. The van der Waals surface area contributed by atoms with Crippen LogP contribution >= 0.6 is 0 Å². The van der Waals surface area contributed by atoms with Crippen molar-refractivity contribution in [1.29, 1.82) is 0 Å². The van der Waals surface area contributed by atoms with Crippen LogP contribution in [0.2, 0.25) is 0 Å². The second-order valence-corrected chi connectivity index (χ2v) is 14.1. The number of aryl methyl sites for hydroxylation is 4. The van der Waals surface area contributed by atoms with E-state index in [2.05, 4.69) is 134 Å². The molecule has 0 atom stereocenters. The average Bonchev–Trinajstić information content (AvgIpc) is 3.89. The lowest BCUT2D eigenvalue weighted by Crippen LogP contribution is -1.97. The van der Waals surface area contributed by atoms with Gasteiger partial charge >= 0.3 is 0 Å². The van der Waals surface area contributed by atoms with Gasteiger partial charge in [-0.3, -0.25) is 0 Å². The number of furan rings is 2. The molecule has 0 spiro atoms. The number of hydrogen-bond acceptors (Lipinski definition) is 2. The Hall–Kier alpha value is -5.74. The van der Waals surface area contributed by atoms with Crippen LogP contribution in [0.3, 0.4) is 0 Å². The van der Waals surface area contributed by atoms with Gasteiger partial charge in [0.05, 0.1) is 11.4 Å². The summed E-state index contributed by atoms with van der Waals surface area (Å²) in [6, 6.07) is 35.8. The highest BCUT2D eigenvalue weighted by Gasteiger charge is 2.34. The van der Waals surface area contributed by atoms with Crippen molar-refractivity contribution in [1.82, 2.24) is 9.13 Å². The molecule has 2 aliphatic rings. The smallest absolute Gasteiger partial charge is 0.157 e. The van der Waals surface area contributed by atoms with E-state index in [1.54, 1.807) is 0 Å². The van der Waals surface area contributed by atoms with Gasteiger partial charge in [0, 0.05) is 57.2 Å². The van der Waals surface area contributed by atoms with Crippen LogP contribution in [0.5, 0.6) is 0 Å². The normalized spacial score (nSPS) is 13.2. The van der Waals surface area contributed by atoms with E-state index in [0.29, 0.717) is 0 Å². The molecule has 230 valence electrons. The minimum atomic E-state index is 0.865. The molecular weight excluding hydrogens is 588 g/mol. The zero-order valence-electron chi connectivity index (χ0n) is 27.4. The molecule has 2 aliphatic carbocycles. The summed E-state index contributed by atoms with van der Waals surface area (Å²) in [5, 5.41) is 2.16. The summed E-state index contributed by atoms with van der Waals surface area (Å²) in [6.07, 6.45) is 1.73. The van der Waals surface area contributed by atoms with E-state index >= 15 is 0 Å². The van der Waals surface area contributed by atoms with Crippen molar-refractivity contribution in [2.75, 3.05) is 0 Å². The first-order valence-electron chi connectivity index (χ1n) is 16.8. The molecule has 0 radical (unpaired) electrons. The maximum absolute atomic E-state index is 6.95. The lowest BCUT2D eigenvalue weighted by Gasteiger charge is -2.12. The second-order valence-electron chi connectivity index (χ2n) is 14.1. The molecule has 0 amide bonds. The predicted molar refractivity (Wildman–Crippen MR) is 195 cm³/mol. The quantitative estimate of drug-likeness (QED) is 0.193. The first kappa shape index (κ1) is 26.3. The van der Waals surface area contributed by atoms with Gasteiger partial charge in [0.15, 0.2) is 11.2 Å². The Labute approximate surface area is 277 Å². The maximum Gasteiger partial charge on any atom is 0.157 e. The van der Waals surface area contributed by atoms with E-state index in [4.69, 9.17) is 8.83 Å². The largest absolute Gasteiger partial charge is 0.454 e. The first-order chi connectivity index (χ1) is 23.4. The summed E-state index contributed by atoms with van der Waals surface area (Å²) < 4.78 is 18.7. The summed E-state index contributed by atoms with van der Waals surface area (Å²) in [5.41, 5.74) is 23.6. The molecule has 0 saturated carbocycles. The zero-order valence-corrected chi connectivity index (χ0v) is 27.4. The Morgan fingerprint density at radius 1 is 0.458 bits per heavy atom. The van der Waals surface area contributed by atoms with Crippen molar-refractivity contribution in [3.8, 4) is 33.9 Å². The van der Waals surface area contributed by atoms with Crippen LogP contribution in [-0.2, 0) is 12.8 Å². The topological polar surface area (TPSA) is 36.1 Å². The van der Waals surface area contributed by atoms with Crippen LogP contribution in [0.25, 0.3) is 78.0 Å². The number of fused-ring (bicyclic) bond motifs is 14. The summed E-state index contributed by atoms with van der Waals surface area (Å²) in [7, 11) is 0. The number of hydrogen-bond donors (Lipinski definition) is 0. The van der Waals surface area contributed by atoms with Crippen molar-refractivity contribution in [3.05, 3.63) is 142 Å². The Kier molecular flexibility index (Phi) is 4.93. The number of benzene rings is 5. The van der Waals surface area contributed by atoms with E-state index in [1.165, 1.54) is 67.0 Å². The molecule has 0 fully saturated rings. The second kappa shape index (κ2) is 8.99. The van der Waals surface area contributed by atoms with Crippen molar-refractivity contribution >= 4 is 44.1 Å². The SMILES string of the molecule is Cc1ccc(-n2c3c(c4oc5cc6c(cc5c42)oc2c4c(n(-c5ccc(C)cc5)c26)-c2ccc(C)cc2C4)Cc2cc(C)ccc2-3)cc1. The molecule has 4 nitrogen and oxygen atoms in total. The molecule has 48 heavy (non-hydrogen) atoms. The highest BCUT2D eigenvalue weighted by atomic mass is 16.3. The molecule has 0 aliphatic heterocycles. The average molecular weight is 621 g/mol. The highest BCUT2D eigenvalue weighted by Crippen LogP contribution is 2.51.